The van der Waals surface area contributed by atoms with E-state index >= 15 is 0 Å². The predicted octanol–water partition coefficient (Wildman–Crippen LogP) is 17.0. The van der Waals surface area contributed by atoms with Crippen LogP contribution in [0.4, 0.5) is 23.1 Å². The monoisotopic (exact) mass is 1500 g/mol. The smallest absolute Gasteiger partial charge is 0.300 e. The van der Waals surface area contributed by atoms with E-state index in [2.05, 4.69) is 105 Å². The van der Waals surface area contributed by atoms with E-state index in [1.54, 1.807) is 0 Å². The number of rotatable bonds is 16. The molecule has 3 fully saturated rings. The first kappa shape index (κ1) is 83.8. The van der Waals surface area contributed by atoms with Crippen LogP contribution in [0, 0.1) is 12.0 Å². The van der Waals surface area contributed by atoms with Crippen molar-refractivity contribution >= 4 is 57.5 Å². The average molecular weight is 1500 g/mol. The van der Waals surface area contributed by atoms with Crippen molar-refractivity contribution in [1.82, 2.24) is 64.4 Å². The number of hydrogen-bond acceptors (Lipinski definition) is 19. The molecule has 0 amide bonds. The van der Waals surface area contributed by atoms with Gasteiger partial charge in [0.25, 0.3) is 11.7 Å². The van der Waals surface area contributed by atoms with Gasteiger partial charge in [-0.3, -0.25) is 24.7 Å². The minimum absolute atomic E-state index is 0. The molecule has 0 bridgehead atoms. The highest BCUT2D eigenvalue weighted by molar-refractivity contribution is 5.99. The van der Waals surface area contributed by atoms with Crippen LogP contribution in [-0.2, 0) is 17.9 Å². The van der Waals surface area contributed by atoms with Gasteiger partial charge in [0.05, 0.1) is 41.8 Å². The van der Waals surface area contributed by atoms with Gasteiger partial charge in [-0.05, 0) is 172 Å². The van der Waals surface area contributed by atoms with Crippen LogP contribution in [-0.4, -0.2) is 128 Å². The quantitative estimate of drug-likeness (QED) is 0.0253. The van der Waals surface area contributed by atoms with Crippen LogP contribution in [0.3, 0.4) is 0 Å². The summed E-state index contributed by atoms with van der Waals surface area (Å²) < 4.78 is 23.7. The number of aliphatic carboxylic acids is 1. The van der Waals surface area contributed by atoms with E-state index in [0.717, 1.165) is 196 Å². The fourth-order valence-electron chi connectivity index (χ4n) is 13.3. The number of carbonyl (C=O) groups is 1. The van der Waals surface area contributed by atoms with Gasteiger partial charge < -0.3 is 52.7 Å². The highest BCUT2D eigenvalue weighted by Gasteiger charge is 2.30. The molecule has 5 aromatic heterocycles. The zero-order chi connectivity index (χ0) is 75.6. The number of piperidine rings is 3. The number of para-hydroxylation sites is 3. The molecule has 0 saturated carbocycles. The van der Waals surface area contributed by atoms with Crippen molar-refractivity contribution in [3.05, 3.63) is 260 Å². The third kappa shape index (κ3) is 22.2. The molecule has 3 saturated heterocycles. The van der Waals surface area contributed by atoms with Crippen LogP contribution >= 0.6 is 0 Å². The van der Waals surface area contributed by atoms with Crippen molar-refractivity contribution in [1.29, 1.82) is 5.41 Å². The number of benzene rings is 8. The number of hydrogen-bond donors (Lipinski definition) is 8. The summed E-state index contributed by atoms with van der Waals surface area (Å²) in [4.78, 5) is 35.3. The third-order valence-corrected chi connectivity index (χ3v) is 18.2. The average Bonchev–Trinajstić information content (AvgIpc) is 1.62. The van der Waals surface area contributed by atoms with Crippen LogP contribution in [0.5, 0.6) is 34.5 Å². The summed E-state index contributed by atoms with van der Waals surface area (Å²) in [5, 5.41) is 40.1. The molecule has 0 spiro atoms. The Morgan fingerprint density at radius 1 is 0.505 bits per heavy atom. The first-order valence-corrected chi connectivity index (χ1v) is 35.7. The van der Waals surface area contributed by atoms with E-state index < -0.39 is 5.97 Å². The number of aromatic nitrogens is 10. The van der Waals surface area contributed by atoms with Gasteiger partial charge >= 0.3 is 0 Å². The number of likely N-dealkylation sites (tertiary alicyclic amines) is 2. The maximum Gasteiger partial charge on any atom is 0.300 e. The van der Waals surface area contributed by atoms with Crippen LogP contribution in [0.2, 0.25) is 0 Å². The molecule has 0 aliphatic carbocycles. The molecule has 111 heavy (non-hydrogen) atoms. The van der Waals surface area contributed by atoms with E-state index in [9.17, 15) is 0 Å². The Morgan fingerprint density at radius 3 is 1.19 bits per heavy atom. The summed E-state index contributed by atoms with van der Waals surface area (Å²) in [5.41, 5.74) is 33.0. The van der Waals surface area contributed by atoms with E-state index in [-0.39, 0.29) is 40.4 Å². The Kier molecular flexibility index (Phi) is 31.7. The molecule has 25 heteroatoms. The zero-order valence-electron chi connectivity index (χ0n) is 60.4. The number of nitrogens with two attached hydrogens (primary N) is 4. The van der Waals surface area contributed by atoms with Gasteiger partial charge in [0, 0.05) is 57.9 Å². The lowest BCUT2D eigenvalue weighted by Crippen LogP contribution is -2.36. The minimum Gasteiger partial charge on any atom is -0.481 e. The highest BCUT2D eigenvalue weighted by atomic mass is 16.5. The number of anilines is 3. The number of nitrogens with one attached hydrogen (secondary N) is 2. The standard InChI is InChI=1S/C29H28N6O.C28H27N5O.C22H22N6O.C2H4O2.CH4N2.CH4O.3CH4/c30-28-26-27(22-13-15-25(16-14-22)36-24-11-5-2-6-12-24)33-35(29(26)32-20-31-28)23-10-7-17-34(19-23)18-21-8-3-1-4-9-21;1-30-27-26(22-14-16-25(17-15-22)34-24-12-6-3-7-13-24)31-33(28(27)29)23-11-8-18-32(20-23)19-21-9-4-2-5-10-21;23-21-19-20(15-8-10-18(11-9-15)29-17-6-2-1-3-7-17)27-28(22(19)26-14-25-21)16-5-4-12-24-13-16;1-2(3)4;2-1-3;1-2;;;/h1-6,8-9,11-16,20,23H,7,10,17-19H2,(H2,30,31,32);2-7,9-10,12-17,23H,8,11,18-20,29H2;1-3,6-11,14,16,24H,4-5,12-13H2,(H2,23,25,26);1H3,(H,3,4);1H,(H3,2,3);2H,1H3;3*1H4. The second-order valence-corrected chi connectivity index (χ2v) is 25.7. The molecule has 8 aromatic carbocycles. The summed E-state index contributed by atoms with van der Waals surface area (Å²) in [7, 11) is 1.00. The summed E-state index contributed by atoms with van der Waals surface area (Å²) in [6.07, 6.45) is 10.2. The van der Waals surface area contributed by atoms with E-state index in [1.807, 2.05) is 179 Å². The first-order chi connectivity index (χ1) is 52.9. The number of carboxylic acid groups (broad SMARTS) is 1. The molecular formula is C86H101N19O6. The number of aliphatic hydroxyl groups excluding tert-OH is 1. The van der Waals surface area contributed by atoms with Crippen LogP contribution in [0.25, 0.3) is 60.7 Å². The summed E-state index contributed by atoms with van der Waals surface area (Å²) >= 11 is 0. The van der Waals surface area contributed by atoms with Gasteiger partial charge in [-0.1, -0.05) is 150 Å². The number of fused-ring (bicyclic) bond motifs is 2. The molecule has 3 aliphatic heterocycles. The molecular weight excluding hydrogens is 1400 g/mol. The Morgan fingerprint density at radius 2 is 0.829 bits per heavy atom. The second-order valence-electron chi connectivity index (χ2n) is 25.7. The topological polar surface area (TPSA) is 341 Å². The second kappa shape index (κ2) is 42.0. The van der Waals surface area contributed by atoms with Gasteiger partial charge in [-0.15, -0.1) is 0 Å². The summed E-state index contributed by atoms with van der Waals surface area (Å²) in [5.74, 6) is 5.16. The van der Waals surface area contributed by atoms with Crippen molar-refractivity contribution in [3.8, 4) is 68.3 Å². The lowest BCUT2D eigenvalue weighted by Gasteiger charge is -2.33. The maximum absolute atomic E-state index is 9.00. The number of nitrogens with zero attached hydrogens (tertiary/aromatic N) is 13. The molecule has 8 heterocycles. The molecule has 3 atom stereocenters. The Balaban J connectivity index is 0.000000196. The van der Waals surface area contributed by atoms with Gasteiger partial charge in [-0.25, -0.2) is 34.1 Å². The largest absolute Gasteiger partial charge is 0.481 e. The van der Waals surface area contributed by atoms with Crippen molar-refractivity contribution < 1.29 is 29.2 Å². The van der Waals surface area contributed by atoms with Crippen molar-refractivity contribution in [3.63, 3.8) is 0 Å². The molecule has 3 unspecified atom stereocenters. The molecule has 16 rings (SSSR count). The van der Waals surface area contributed by atoms with Crippen molar-refractivity contribution in [2.75, 3.05) is 63.6 Å². The predicted molar refractivity (Wildman–Crippen MR) is 444 cm³/mol. The molecule has 25 nitrogen and oxygen atoms in total. The SMILES string of the molecule is C.C.C.CC(=O)O.CO.N=CN.Nc1ncnc2c1c(-c1ccc(Oc3ccccc3)cc1)nn2C1CCCN(Cc2ccccc2)C1.Nc1ncnc2c1c(-c1ccc(Oc3ccccc3)cc1)nn2C1CCCNC1.[C-]#[N+]c1c(-c2ccc(Oc3ccccc3)cc2)nn(C2CCCN(Cc3ccccc3)C2)c1N. The fourth-order valence-corrected chi connectivity index (χ4v) is 13.3. The lowest BCUT2D eigenvalue weighted by atomic mass is 10.0. The van der Waals surface area contributed by atoms with Crippen LogP contribution < -0.4 is 42.5 Å². The maximum atomic E-state index is 9.00. The Bertz CT molecular complexity index is 5000. The zero-order valence-corrected chi connectivity index (χ0v) is 60.4. The van der Waals surface area contributed by atoms with Crippen LogP contribution in [0.1, 0.15) is 97.0 Å². The van der Waals surface area contributed by atoms with E-state index in [4.69, 9.17) is 73.7 Å². The summed E-state index contributed by atoms with van der Waals surface area (Å²) in [6, 6.07) is 74.4. The number of nitrogen functional groups attached to an aromatic ring is 3. The highest BCUT2D eigenvalue weighted by Crippen LogP contribution is 2.41. The lowest BCUT2D eigenvalue weighted by molar-refractivity contribution is -0.134. The molecule has 576 valence electrons. The van der Waals surface area contributed by atoms with Crippen molar-refractivity contribution in [2.24, 2.45) is 5.73 Å². The molecule has 12 N–H and O–H groups in total. The Labute approximate surface area is 649 Å². The Hall–Kier alpha value is -12.9. The number of ether oxygens (including phenoxy) is 3. The first-order valence-electron chi connectivity index (χ1n) is 35.7. The molecule has 13 aromatic rings. The van der Waals surface area contributed by atoms with Crippen molar-refractivity contribution in [2.45, 2.75) is 98.9 Å². The van der Waals surface area contributed by atoms with E-state index in [0.29, 0.717) is 28.8 Å². The van der Waals surface area contributed by atoms with E-state index in [1.165, 1.54) is 23.8 Å². The minimum atomic E-state index is -0.833. The molecule has 3 aliphatic rings. The number of carboxylic acids is 1. The van der Waals surface area contributed by atoms with Gasteiger partial charge in [-0.2, -0.15) is 15.3 Å². The van der Waals surface area contributed by atoms with Gasteiger partial charge in [0.2, 0.25) is 0 Å². The van der Waals surface area contributed by atoms with Gasteiger partial charge in [0.15, 0.2) is 11.3 Å². The third-order valence-electron chi connectivity index (χ3n) is 18.2. The normalized spacial score (nSPS) is 15.0. The summed E-state index contributed by atoms with van der Waals surface area (Å²) in [6.45, 7) is 16.5. The van der Waals surface area contributed by atoms with Gasteiger partial charge in [0.1, 0.15) is 81.7 Å². The fraction of sp³-hybridized carbons (Fsp3) is 0.256. The molecule has 0 radical (unpaired) electrons. The number of aliphatic hydroxyl groups is 1. The van der Waals surface area contributed by atoms with Crippen LogP contribution in [0.15, 0.2) is 237 Å².